The summed E-state index contributed by atoms with van der Waals surface area (Å²) in [5.74, 6) is 1.27. The number of hydrogen-bond donors (Lipinski definition) is 1. The molecule has 0 saturated carbocycles. The molecule has 1 N–H and O–H groups in total. The van der Waals surface area contributed by atoms with Crippen LogP contribution in [0.4, 0.5) is 0 Å². The van der Waals surface area contributed by atoms with Crippen LogP contribution in [0.2, 0.25) is 0 Å². The van der Waals surface area contributed by atoms with E-state index >= 15 is 0 Å². The molecule has 1 aliphatic rings. The fourth-order valence-corrected chi connectivity index (χ4v) is 1.76. The Hall–Kier alpha value is -2.04. The zero-order valence-corrected chi connectivity index (χ0v) is 10.5. The molecule has 0 atom stereocenters. The van der Waals surface area contributed by atoms with E-state index in [2.05, 4.69) is 10.5 Å². The number of methoxy groups -OCH3 is 1. The third-order valence-electron chi connectivity index (χ3n) is 2.73. The molecule has 0 saturated heterocycles. The largest absolute Gasteiger partial charge is 0.493 e. The summed E-state index contributed by atoms with van der Waals surface area (Å²) in [5.41, 5.74) is 4.22. The smallest absolute Gasteiger partial charge is 0.239 e. The van der Waals surface area contributed by atoms with Crippen molar-refractivity contribution in [1.29, 1.82) is 0 Å². The number of amides is 1. The lowest BCUT2D eigenvalue weighted by atomic mass is 10.0. The van der Waals surface area contributed by atoms with Crippen molar-refractivity contribution in [2.45, 2.75) is 19.8 Å². The highest BCUT2D eigenvalue weighted by atomic mass is 16.5. The molecule has 1 aromatic carbocycles. The van der Waals surface area contributed by atoms with Crippen LogP contribution < -0.4 is 14.9 Å². The summed E-state index contributed by atoms with van der Waals surface area (Å²) in [6, 6.07) is 5.63. The van der Waals surface area contributed by atoms with Gasteiger partial charge in [0.2, 0.25) is 5.91 Å². The van der Waals surface area contributed by atoms with Gasteiger partial charge in [0, 0.05) is 18.4 Å². The highest BCUT2D eigenvalue weighted by Gasteiger charge is 2.20. The first-order valence-electron chi connectivity index (χ1n) is 5.91. The second-order valence-electron chi connectivity index (χ2n) is 3.88. The molecular weight excluding hydrogens is 232 g/mol. The second-order valence-corrected chi connectivity index (χ2v) is 3.88. The maximum atomic E-state index is 11.2. The number of fused-ring (bicyclic) bond motifs is 1. The van der Waals surface area contributed by atoms with Crippen molar-refractivity contribution in [3.63, 3.8) is 0 Å². The number of para-hydroxylation sites is 1. The van der Waals surface area contributed by atoms with Crippen molar-refractivity contribution in [3.05, 3.63) is 23.8 Å². The summed E-state index contributed by atoms with van der Waals surface area (Å²) in [4.78, 5) is 11.2. The van der Waals surface area contributed by atoms with Gasteiger partial charge in [-0.3, -0.25) is 4.79 Å². The van der Waals surface area contributed by atoms with Gasteiger partial charge in [-0.25, -0.2) is 5.43 Å². The van der Waals surface area contributed by atoms with Crippen molar-refractivity contribution in [3.8, 4) is 11.5 Å². The Kier molecular flexibility index (Phi) is 3.82. The molecule has 0 aliphatic carbocycles. The van der Waals surface area contributed by atoms with E-state index in [4.69, 9.17) is 9.47 Å². The predicted octanol–water partition coefficient (Wildman–Crippen LogP) is 1.71. The van der Waals surface area contributed by atoms with E-state index in [0.29, 0.717) is 30.9 Å². The number of hydrazone groups is 1. The van der Waals surface area contributed by atoms with Crippen LogP contribution in [0.25, 0.3) is 0 Å². The van der Waals surface area contributed by atoms with Crippen LogP contribution >= 0.6 is 0 Å². The van der Waals surface area contributed by atoms with Gasteiger partial charge in [0.25, 0.3) is 0 Å². The number of nitrogens with one attached hydrogen (secondary N) is 1. The minimum absolute atomic E-state index is 0.0987. The van der Waals surface area contributed by atoms with Crippen LogP contribution in [-0.2, 0) is 4.79 Å². The van der Waals surface area contributed by atoms with E-state index in [1.54, 1.807) is 14.0 Å². The van der Waals surface area contributed by atoms with Gasteiger partial charge in [-0.15, -0.1) is 0 Å². The third-order valence-corrected chi connectivity index (χ3v) is 2.73. The number of carbonyl (C=O) groups excluding carboxylic acids is 1. The fourth-order valence-electron chi connectivity index (χ4n) is 1.76. The topological polar surface area (TPSA) is 59.9 Å². The monoisotopic (exact) mass is 248 g/mol. The minimum Gasteiger partial charge on any atom is -0.493 e. The molecule has 18 heavy (non-hydrogen) atoms. The predicted molar refractivity (Wildman–Crippen MR) is 68.1 cm³/mol. The van der Waals surface area contributed by atoms with Gasteiger partial charge in [-0.2, -0.15) is 5.10 Å². The van der Waals surface area contributed by atoms with Gasteiger partial charge in [-0.05, 0) is 12.1 Å². The summed E-state index contributed by atoms with van der Waals surface area (Å²) in [7, 11) is 1.60. The number of ether oxygens (including phenoxy) is 2. The van der Waals surface area contributed by atoms with Gasteiger partial charge in [0.15, 0.2) is 11.5 Å². The number of benzene rings is 1. The summed E-state index contributed by atoms with van der Waals surface area (Å²) in [5, 5.41) is 4.15. The normalized spacial score (nSPS) is 15.8. The molecule has 1 amide bonds. The molecular formula is C13H16N2O3. The molecule has 0 radical (unpaired) electrons. The zero-order valence-electron chi connectivity index (χ0n) is 10.5. The number of hydrogen-bond acceptors (Lipinski definition) is 4. The van der Waals surface area contributed by atoms with Crippen molar-refractivity contribution in [1.82, 2.24) is 5.43 Å². The molecule has 0 bridgehead atoms. The Morgan fingerprint density at radius 1 is 1.56 bits per heavy atom. The summed E-state index contributed by atoms with van der Waals surface area (Å²) in [6.45, 7) is 2.32. The van der Waals surface area contributed by atoms with Gasteiger partial charge in [-0.1, -0.05) is 13.0 Å². The third kappa shape index (κ3) is 2.45. The molecule has 1 aromatic rings. The Morgan fingerprint density at radius 3 is 3.11 bits per heavy atom. The summed E-state index contributed by atoms with van der Waals surface area (Å²) in [6.07, 6.45) is 1.09. The van der Waals surface area contributed by atoms with Gasteiger partial charge < -0.3 is 9.47 Å². The number of carbonyl (C=O) groups is 1. The van der Waals surface area contributed by atoms with Crippen molar-refractivity contribution in [2.24, 2.45) is 5.10 Å². The molecule has 5 heteroatoms. The van der Waals surface area contributed by atoms with Crippen molar-refractivity contribution in [2.75, 3.05) is 13.7 Å². The lowest BCUT2D eigenvalue weighted by molar-refractivity contribution is -0.120. The standard InChI is InChI=1S/C13H16N2O3/c1-3-12(16)15-14-10-7-8-18-13-9(10)5-4-6-11(13)17-2/h4-6H,3,7-8H2,1-2H3,(H,15,16). The number of rotatable bonds is 3. The first kappa shape index (κ1) is 12.4. The minimum atomic E-state index is -0.0987. The Balaban J connectivity index is 2.30. The summed E-state index contributed by atoms with van der Waals surface area (Å²) < 4.78 is 10.8. The Bertz CT molecular complexity index is 483. The quantitative estimate of drug-likeness (QED) is 0.828. The molecule has 5 nitrogen and oxygen atoms in total. The van der Waals surface area contributed by atoms with Crippen molar-refractivity contribution < 1.29 is 14.3 Å². The van der Waals surface area contributed by atoms with Crippen LogP contribution in [0.15, 0.2) is 23.3 Å². The van der Waals surface area contributed by atoms with Crippen LogP contribution in [0.1, 0.15) is 25.3 Å². The van der Waals surface area contributed by atoms with E-state index in [0.717, 1.165) is 11.3 Å². The van der Waals surface area contributed by atoms with Crippen LogP contribution in [0.5, 0.6) is 11.5 Å². The molecule has 96 valence electrons. The van der Waals surface area contributed by atoms with Crippen LogP contribution in [0.3, 0.4) is 0 Å². The van der Waals surface area contributed by atoms with Crippen LogP contribution in [-0.4, -0.2) is 25.3 Å². The average Bonchev–Trinajstić information content (AvgIpc) is 2.43. The SMILES string of the molecule is CCC(=O)NN=C1CCOc2c(OC)cccc21. The van der Waals surface area contributed by atoms with E-state index in [-0.39, 0.29) is 5.91 Å². The van der Waals surface area contributed by atoms with Gasteiger partial charge in [0.05, 0.1) is 19.4 Å². The van der Waals surface area contributed by atoms with Gasteiger partial charge in [0.1, 0.15) is 0 Å². The second kappa shape index (κ2) is 5.53. The van der Waals surface area contributed by atoms with Crippen LogP contribution in [0, 0.1) is 0 Å². The molecule has 0 fully saturated rings. The van der Waals surface area contributed by atoms with E-state index in [1.807, 2.05) is 18.2 Å². The molecule has 0 aromatic heterocycles. The highest BCUT2D eigenvalue weighted by Crippen LogP contribution is 2.34. The summed E-state index contributed by atoms with van der Waals surface area (Å²) >= 11 is 0. The molecule has 0 unspecified atom stereocenters. The van der Waals surface area contributed by atoms with E-state index < -0.39 is 0 Å². The lowest BCUT2D eigenvalue weighted by Gasteiger charge is -2.20. The maximum Gasteiger partial charge on any atom is 0.239 e. The lowest BCUT2D eigenvalue weighted by Crippen LogP contribution is -2.23. The highest BCUT2D eigenvalue weighted by molar-refractivity contribution is 6.04. The molecule has 1 heterocycles. The molecule has 0 spiro atoms. The molecule has 2 rings (SSSR count). The molecule has 1 aliphatic heterocycles. The Labute approximate surface area is 106 Å². The fraction of sp³-hybridized carbons (Fsp3) is 0.385. The van der Waals surface area contributed by atoms with Crippen molar-refractivity contribution >= 4 is 11.6 Å². The maximum absolute atomic E-state index is 11.2. The van der Waals surface area contributed by atoms with E-state index in [1.165, 1.54) is 0 Å². The van der Waals surface area contributed by atoms with E-state index in [9.17, 15) is 4.79 Å². The zero-order chi connectivity index (χ0) is 13.0. The first-order valence-corrected chi connectivity index (χ1v) is 5.91. The Morgan fingerprint density at radius 2 is 2.39 bits per heavy atom. The number of nitrogens with zero attached hydrogens (tertiary/aromatic N) is 1. The van der Waals surface area contributed by atoms with Gasteiger partial charge >= 0.3 is 0 Å². The average molecular weight is 248 g/mol. The first-order chi connectivity index (χ1) is 8.76.